The Bertz CT molecular complexity index is 2510. The lowest BCUT2D eigenvalue weighted by molar-refractivity contribution is -0.111. The van der Waals surface area contributed by atoms with Gasteiger partial charge >= 0.3 is 0 Å². The molecular weight excluding hydrogens is 937 g/mol. The van der Waals surface area contributed by atoms with E-state index in [-0.39, 0.29) is 45.2 Å². The van der Waals surface area contributed by atoms with Crippen LogP contribution in [0.1, 0.15) is 181 Å². The van der Waals surface area contributed by atoms with Gasteiger partial charge in [-0.2, -0.15) is 4.40 Å². The number of sulfonamides is 1. The largest absolute Gasteiger partial charge is 0.754 e. The van der Waals surface area contributed by atoms with Crippen LogP contribution in [0.25, 0.3) is 5.57 Å². The summed E-state index contributed by atoms with van der Waals surface area (Å²) in [6.07, 6.45) is 25.5. The van der Waals surface area contributed by atoms with Gasteiger partial charge in [0.25, 0.3) is 0 Å². The molecule has 2 aliphatic rings. The molecule has 0 saturated heterocycles. The molecule has 3 atom stereocenters. The normalized spacial score (nSPS) is 16.7. The standard InChI is InChI=1S/C60H86N4O6S2/c1-8-15-20-21-22-23-40-72(69,70)62-56-42-52(64(44-46(14-7)25-17-10-3)50-34-30-48(31-35-50)27-19-12-5)37-39-54(56)58-59(65)57(60(58)66)53-38-36-51(41-55(53)61-71(67)68)63(43-45(13-6)24-16-9-2)49-32-28-47(29-33-49)26-18-11-4/h28-39,41-42,45-46,62,65H,8-27,40,43-44H2,1-7H3,(H,67,68)/p-1/b57-53-,61-55+. The first-order valence-corrected chi connectivity index (χ1v) is 30.2. The molecule has 5 rings (SSSR count). The van der Waals surface area contributed by atoms with Crippen molar-refractivity contribution in [3.63, 3.8) is 0 Å². The van der Waals surface area contributed by atoms with E-state index in [1.807, 2.05) is 12.1 Å². The van der Waals surface area contributed by atoms with Crippen molar-refractivity contribution in [1.82, 2.24) is 0 Å². The number of anilines is 4. The summed E-state index contributed by atoms with van der Waals surface area (Å²) in [5.74, 6) is -0.219. The molecule has 2 aliphatic carbocycles. The predicted octanol–water partition coefficient (Wildman–Crippen LogP) is 15.4. The van der Waals surface area contributed by atoms with E-state index in [2.05, 4.69) is 116 Å². The van der Waals surface area contributed by atoms with E-state index in [1.165, 1.54) is 11.1 Å². The number of allylic oxidation sites excluding steroid dienone is 6. The molecule has 0 spiro atoms. The number of nitrogens with one attached hydrogen (secondary N) is 1. The number of hydrogen-bond acceptors (Lipinski definition) is 8. The molecule has 3 aromatic carbocycles. The van der Waals surface area contributed by atoms with Crippen LogP contribution in [-0.2, 0) is 38.9 Å². The Balaban J connectivity index is 1.61. The van der Waals surface area contributed by atoms with Crippen molar-refractivity contribution in [3.05, 3.63) is 124 Å². The molecule has 2 N–H and O–H groups in total. The highest BCUT2D eigenvalue weighted by atomic mass is 32.2. The first-order valence-electron chi connectivity index (χ1n) is 27.5. The molecule has 0 heterocycles. The van der Waals surface area contributed by atoms with Gasteiger partial charge in [-0.05, 0) is 129 Å². The van der Waals surface area contributed by atoms with Gasteiger partial charge in [-0.1, -0.05) is 156 Å². The van der Waals surface area contributed by atoms with Crippen molar-refractivity contribution in [3.8, 4) is 0 Å². The van der Waals surface area contributed by atoms with Crippen molar-refractivity contribution in [2.24, 2.45) is 16.2 Å². The molecule has 3 unspecified atom stereocenters. The highest BCUT2D eigenvalue weighted by Gasteiger charge is 2.40. The highest BCUT2D eigenvalue weighted by molar-refractivity contribution is 7.92. The van der Waals surface area contributed by atoms with E-state index in [9.17, 15) is 27.1 Å². The maximum Gasteiger partial charge on any atom is 0.232 e. The van der Waals surface area contributed by atoms with Gasteiger partial charge in [0.05, 0.1) is 39.6 Å². The summed E-state index contributed by atoms with van der Waals surface area (Å²) in [6.45, 7) is 16.7. The minimum absolute atomic E-state index is 0.0288. The first-order chi connectivity index (χ1) is 34.8. The van der Waals surface area contributed by atoms with Gasteiger partial charge in [-0.15, -0.1) is 0 Å². The minimum Gasteiger partial charge on any atom is -0.754 e. The Kier molecular flexibility index (Phi) is 24.1. The minimum atomic E-state index is -3.89. The second kappa shape index (κ2) is 29.8. The monoisotopic (exact) mass is 1020 g/mol. The second-order valence-electron chi connectivity index (χ2n) is 20.0. The lowest BCUT2D eigenvalue weighted by Gasteiger charge is -2.33. The second-order valence-corrected chi connectivity index (χ2v) is 22.4. The topological polar surface area (TPSA) is 142 Å². The van der Waals surface area contributed by atoms with Crippen molar-refractivity contribution in [2.45, 2.75) is 177 Å². The van der Waals surface area contributed by atoms with Gasteiger partial charge in [0.15, 0.2) is 0 Å². The molecule has 0 bridgehead atoms. The van der Waals surface area contributed by atoms with Gasteiger partial charge in [0, 0.05) is 47.0 Å². The number of unbranched alkanes of at least 4 members (excludes halogenated alkanes) is 9. The Hall–Kier alpha value is -4.78. The average Bonchev–Trinajstić information content (AvgIpc) is 3.37. The van der Waals surface area contributed by atoms with E-state index >= 15 is 0 Å². The molecule has 0 aromatic heterocycles. The molecule has 0 saturated carbocycles. The molecule has 0 fully saturated rings. The third-order valence-electron chi connectivity index (χ3n) is 14.4. The summed E-state index contributed by atoms with van der Waals surface area (Å²) >= 11 is -2.88. The quantitative estimate of drug-likeness (QED) is 0.0349. The number of aryl methyl sites for hydroxylation is 2. The summed E-state index contributed by atoms with van der Waals surface area (Å²) in [7, 11) is -3.89. The third kappa shape index (κ3) is 16.6. The van der Waals surface area contributed by atoms with Gasteiger partial charge < -0.3 is 19.5 Å². The summed E-state index contributed by atoms with van der Waals surface area (Å²) in [4.78, 5) is 19.1. The van der Waals surface area contributed by atoms with Gasteiger partial charge in [0.1, 0.15) is 5.76 Å². The summed E-state index contributed by atoms with van der Waals surface area (Å²) in [6, 6.07) is 22.6. The van der Waals surface area contributed by atoms with Crippen LogP contribution in [0.15, 0.2) is 112 Å². The van der Waals surface area contributed by atoms with Gasteiger partial charge in [0.2, 0.25) is 15.8 Å². The molecule has 0 aliphatic heterocycles. The lowest BCUT2D eigenvalue weighted by Crippen LogP contribution is -2.31. The molecule has 72 heavy (non-hydrogen) atoms. The van der Waals surface area contributed by atoms with E-state index in [4.69, 9.17) is 0 Å². The van der Waals surface area contributed by atoms with Gasteiger partial charge in [-0.3, -0.25) is 13.7 Å². The van der Waals surface area contributed by atoms with E-state index < -0.39 is 27.1 Å². The molecule has 394 valence electrons. The van der Waals surface area contributed by atoms with Crippen LogP contribution in [0.4, 0.5) is 22.7 Å². The Morgan fingerprint density at radius 2 is 1.15 bits per heavy atom. The lowest BCUT2D eigenvalue weighted by atomic mass is 9.78. The maximum absolute atomic E-state index is 14.6. The van der Waals surface area contributed by atoms with E-state index in [0.29, 0.717) is 37.0 Å². The van der Waals surface area contributed by atoms with Crippen LogP contribution in [0.5, 0.6) is 0 Å². The molecule has 3 aromatic rings. The van der Waals surface area contributed by atoms with Crippen molar-refractivity contribution in [2.75, 3.05) is 33.4 Å². The SMILES string of the molecule is CCCCCCCCS(=O)(=O)Nc1cc(N(CC(CC)CCCC)c2ccc(CCCC)cc2)ccc1C1=C(O)/C(=C2\C=CC(N(CC(CC)CCCC)c3ccc(CCCC)cc3)=C\C2=N/S(=O)[O-])C1=O. The van der Waals surface area contributed by atoms with E-state index in [1.54, 1.807) is 24.3 Å². The average molecular weight is 1020 g/mol. The first kappa shape index (κ1) is 58.1. The zero-order chi connectivity index (χ0) is 52.0. The number of carbonyl (C=O) groups is 1. The van der Waals surface area contributed by atoms with Crippen LogP contribution in [0.2, 0.25) is 0 Å². The number of hydrogen-bond donors (Lipinski definition) is 2. The Morgan fingerprint density at radius 1 is 0.639 bits per heavy atom. The molecule has 10 nitrogen and oxygen atoms in total. The predicted molar refractivity (Wildman–Crippen MR) is 303 cm³/mol. The van der Waals surface area contributed by atoms with Crippen molar-refractivity contribution in [1.29, 1.82) is 0 Å². The number of nitrogens with zero attached hydrogens (tertiary/aromatic N) is 3. The number of aliphatic hydroxyl groups is 1. The fourth-order valence-electron chi connectivity index (χ4n) is 9.77. The molecule has 0 radical (unpaired) electrons. The third-order valence-corrected chi connectivity index (χ3v) is 16.1. The van der Waals surface area contributed by atoms with Crippen LogP contribution in [0, 0.1) is 11.8 Å². The van der Waals surface area contributed by atoms with Crippen molar-refractivity contribution >= 4 is 61.1 Å². The summed E-state index contributed by atoms with van der Waals surface area (Å²) < 4.78 is 59.7. The van der Waals surface area contributed by atoms with Crippen LogP contribution < -0.4 is 14.5 Å². The number of carbonyl (C=O) groups excluding carboxylic acids is 1. The fraction of sp³-hybridized carbons (Fsp3) is 0.533. The number of rotatable bonds is 33. The van der Waals surface area contributed by atoms with Crippen LogP contribution >= 0.6 is 0 Å². The fourth-order valence-corrected chi connectivity index (χ4v) is 11.3. The smallest absolute Gasteiger partial charge is 0.232 e. The van der Waals surface area contributed by atoms with Gasteiger partial charge in [-0.25, -0.2) is 8.42 Å². The number of aliphatic hydroxyl groups excluding tert-OH is 1. The number of Topliss-reactive ketones (excluding diaryl/α,β-unsaturated/α-hetero) is 1. The van der Waals surface area contributed by atoms with Crippen molar-refractivity contribution < 1.29 is 27.1 Å². The maximum atomic E-state index is 14.6. The summed E-state index contributed by atoms with van der Waals surface area (Å²) in [5, 5.41) is 12.1. The van der Waals surface area contributed by atoms with E-state index in [0.717, 1.165) is 139 Å². The molecule has 12 heteroatoms. The highest BCUT2D eigenvalue weighted by Crippen LogP contribution is 2.44. The number of ketones is 1. The Morgan fingerprint density at radius 3 is 1.68 bits per heavy atom. The number of benzene rings is 3. The van der Waals surface area contributed by atoms with Crippen LogP contribution in [-0.4, -0.2) is 52.6 Å². The zero-order valence-corrected chi connectivity index (χ0v) is 46.3. The zero-order valence-electron chi connectivity index (χ0n) is 44.6. The molecule has 0 amide bonds. The Labute approximate surface area is 436 Å². The molecular formula is C60H85N4O6S2-. The summed E-state index contributed by atoms with van der Waals surface area (Å²) in [5.41, 5.74) is 6.49. The van der Waals surface area contributed by atoms with Crippen LogP contribution in [0.3, 0.4) is 0 Å².